The van der Waals surface area contributed by atoms with E-state index in [0.29, 0.717) is 0 Å². The van der Waals surface area contributed by atoms with Crippen LogP contribution < -0.4 is 4.90 Å². The number of nitrogens with zero attached hydrogens (tertiary/aromatic N) is 1. The summed E-state index contributed by atoms with van der Waals surface area (Å²) >= 11 is 0. The van der Waals surface area contributed by atoms with Gasteiger partial charge in [0.05, 0.1) is 0 Å². The molecular formula is C12H13NO. The minimum absolute atomic E-state index is 0.121. The van der Waals surface area contributed by atoms with Gasteiger partial charge in [-0.2, -0.15) is 0 Å². The molecule has 0 atom stereocenters. The fourth-order valence-electron chi connectivity index (χ4n) is 1.60. The molecule has 0 saturated carbocycles. The summed E-state index contributed by atoms with van der Waals surface area (Å²) in [5, 5.41) is 0. The van der Waals surface area contributed by atoms with E-state index in [1.54, 1.807) is 6.92 Å². The average molecular weight is 187 g/mol. The number of hydrogen-bond acceptors (Lipinski definition) is 2. The summed E-state index contributed by atoms with van der Waals surface area (Å²) in [5.41, 5.74) is 1.96. The van der Waals surface area contributed by atoms with Crippen LogP contribution >= 0.6 is 0 Å². The van der Waals surface area contributed by atoms with Crippen molar-refractivity contribution in [3.8, 4) is 0 Å². The molecule has 1 aliphatic rings. The Morgan fingerprint density at radius 3 is 2.21 bits per heavy atom. The molecule has 0 aliphatic carbocycles. The Labute approximate surface area is 83.8 Å². The molecule has 2 heteroatoms. The molecule has 0 radical (unpaired) electrons. The van der Waals surface area contributed by atoms with Crippen molar-refractivity contribution in [2.24, 2.45) is 0 Å². The topological polar surface area (TPSA) is 20.3 Å². The summed E-state index contributed by atoms with van der Waals surface area (Å²) in [4.78, 5) is 13.3. The molecule has 0 bridgehead atoms. The molecule has 0 fully saturated rings. The van der Waals surface area contributed by atoms with Crippen LogP contribution in [0.1, 0.15) is 17.3 Å². The zero-order chi connectivity index (χ0) is 9.97. The maximum atomic E-state index is 11.1. The van der Waals surface area contributed by atoms with E-state index in [1.807, 2.05) is 24.3 Å². The highest BCUT2D eigenvalue weighted by molar-refractivity contribution is 5.94. The second-order valence-corrected chi connectivity index (χ2v) is 3.48. The van der Waals surface area contributed by atoms with Crippen molar-refractivity contribution in [1.29, 1.82) is 0 Å². The molecule has 0 N–H and O–H groups in total. The number of ketones is 1. The molecule has 2 rings (SSSR count). The molecular weight excluding hydrogens is 174 g/mol. The summed E-state index contributed by atoms with van der Waals surface area (Å²) in [5.74, 6) is 0.121. The van der Waals surface area contributed by atoms with Crippen LogP contribution in [0.25, 0.3) is 0 Å². The smallest absolute Gasteiger partial charge is 0.159 e. The van der Waals surface area contributed by atoms with Crippen LogP contribution in [-0.2, 0) is 0 Å². The van der Waals surface area contributed by atoms with Gasteiger partial charge in [0.25, 0.3) is 0 Å². The normalized spacial score (nSPS) is 14.8. The standard InChI is InChI=1S/C12H13NO/c1-10(14)11-4-6-12(7-5-11)13-8-2-3-9-13/h2-7H,8-9H2,1H3. The first kappa shape index (κ1) is 9.00. The van der Waals surface area contributed by atoms with E-state index in [4.69, 9.17) is 0 Å². The van der Waals surface area contributed by atoms with E-state index < -0.39 is 0 Å². The number of rotatable bonds is 2. The molecule has 1 aromatic carbocycles. The van der Waals surface area contributed by atoms with Crippen molar-refractivity contribution in [2.45, 2.75) is 6.92 Å². The maximum Gasteiger partial charge on any atom is 0.159 e. The highest BCUT2D eigenvalue weighted by atomic mass is 16.1. The molecule has 14 heavy (non-hydrogen) atoms. The minimum Gasteiger partial charge on any atom is -0.364 e. The second-order valence-electron chi connectivity index (χ2n) is 3.48. The van der Waals surface area contributed by atoms with Crippen molar-refractivity contribution in [1.82, 2.24) is 0 Å². The predicted molar refractivity (Wildman–Crippen MR) is 57.8 cm³/mol. The average Bonchev–Trinajstić information content (AvgIpc) is 2.71. The van der Waals surface area contributed by atoms with Gasteiger partial charge in [0.2, 0.25) is 0 Å². The van der Waals surface area contributed by atoms with Gasteiger partial charge >= 0.3 is 0 Å². The minimum atomic E-state index is 0.121. The van der Waals surface area contributed by atoms with Crippen LogP contribution in [0.4, 0.5) is 5.69 Å². The van der Waals surface area contributed by atoms with Gasteiger partial charge in [0.1, 0.15) is 0 Å². The van der Waals surface area contributed by atoms with Crippen molar-refractivity contribution >= 4 is 11.5 Å². The molecule has 0 amide bonds. The lowest BCUT2D eigenvalue weighted by Gasteiger charge is -2.17. The van der Waals surface area contributed by atoms with E-state index in [-0.39, 0.29) is 5.78 Å². The zero-order valence-corrected chi connectivity index (χ0v) is 8.23. The second kappa shape index (κ2) is 3.66. The first-order valence-electron chi connectivity index (χ1n) is 4.78. The lowest BCUT2D eigenvalue weighted by Crippen LogP contribution is -2.18. The van der Waals surface area contributed by atoms with E-state index in [9.17, 15) is 4.79 Å². The summed E-state index contributed by atoms with van der Waals surface area (Å²) in [6.07, 6.45) is 4.30. The van der Waals surface area contributed by atoms with E-state index in [1.165, 1.54) is 5.69 Å². The van der Waals surface area contributed by atoms with Crippen LogP contribution in [0.3, 0.4) is 0 Å². The van der Waals surface area contributed by atoms with Gasteiger partial charge < -0.3 is 4.90 Å². The first-order chi connectivity index (χ1) is 6.77. The largest absolute Gasteiger partial charge is 0.364 e. The van der Waals surface area contributed by atoms with Crippen LogP contribution in [0.2, 0.25) is 0 Å². The molecule has 0 aromatic heterocycles. The Kier molecular flexibility index (Phi) is 2.35. The lowest BCUT2D eigenvalue weighted by atomic mass is 10.1. The summed E-state index contributed by atoms with van der Waals surface area (Å²) in [7, 11) is 0. The SMILES string of the molecule is CC(=O)c1ccc(N2CC=CC2)cc1. The van der Waals surface area contributed by atoms with Gasteiger partial charge in [-0.15, -0.1) is 0 Å². The third kappa shape index (κ3) is 1.69. The molecule has 1 aromatic rings. The summed E-state index contributed by atoms with van der Waals surface area (Å²) in [6.45, 7) is 3.53. The lowest BCUT2D eigenvalue weighted by molar-refractivity contribution is 0.101. The Morgan fingerprint density at radius 2 is 1.71 bits per heavy atom. The van der Waals surface area contributed by atoms with Gasteiger partial charge in [-0.1, -0.05) is 12.2 Å². The number of benzene rings is 1. The molecule has 72 valence electrons. The summed E-state index contributed by atoms with van der Waals surface area (Å²) < 4.78 is 0. The Bertz CT molecular complexity index is 356. The predicted octanol–water partition coefficient (Wildman–Crippen LogP) is 2.27. The number of carbonyl (C=O) groups is 1. The van der Waals surface area contributed by atoms with Gasteiger partial charge in [-0.3, -0.25) is 4.79 Å². The van der Waals surface area contributed by atoms with Gasteiger partial charge in [0.15, 0.2) is 5.78 Å². The molecule has 0 saturated heterocycles. The van der Waals surface area contributed by atoms with Crippen LogP contribution in [-0.4, -0.2) is 18.9 Å². The monoisotopic (exact) mass is 187 g/mol. The Hall–Kier alpha value is -1.57. The number of hydrogen-bond donors (Lipinski definition) is 0. The third-order valence-corrected chi connectivity index (χ3v) is 2.46. The van der Waals surface area contributed by atoms with Crippen molar-refractivity contribution in [3.05, 3.63) is 42.0 Å². The fourth-order valence-corrected chi connectivity index (χ4v) is 1.60. The maximum absolute atomic E-state index is 11.1. The molecule has 0 spiro atoms. The highest BCUT2D eigenvalue weighted by Gasteiger charge is 2.07. The number of carbonyl (C=O) groups excluding carboxylic acids is 1. The fraction of sp³-hybridized carbons (Fsp3) is 0.250. The zero-order valence-electron chi connectivity index (χ0n) is 8.23. The highest BCUT2D eigenvalue weighted by Crippen LogP contribution is 2.17. The van der Waals surface area contributed by atoms with Crippen LogP contribution in [0.15, 0.2) is 36.4 Å². The molecule has 1 heterocycles. The number of Topliss-reactive ketones (excluding diaryl/α,β-unsaturated/α-hetero) is 1. The van der Waals surface area contributed by atoms with Crippen LogP contribution in [0, 0.1) is 0 Å². The molecule has 2 nitrogen and oxygen atoms in total. The van der Waals surface area contributed by atoms with E-state index in [2.05, 4.69) is 17.1 Å². The third-order valence-electron chi connectivity index (χ3n) is 2.46. The van der Waals surface area contributed by atoms with Crippen molar-refractivity contribution < 1.29 is 4.79 Å². The van der Waals surface area contributed by atoms with Gasteiger partial charge in [-0.25, -0.2) is 0 Å². The van der Waals surface area contributed by atoms with Crippen molar-refractivity contribution in [3.63, 3.8) is 0 Å². The number of anilines is 1. The molecule has 1 aliphatic heterocycles. The van der Waals surface area contributed by atoms with E-state index >= 15 is 0 Å². The molecule has 0 unspecified atom stereocenters. The Balaban J connectivity index is 2.17. The quantitative estimate of drug-likeness (QED) is 0.523. The van der Waals surface area contributed by atoms with Crippen molar-refractivity contribution in [2.75, 3.05) is 18.0 Å². The van der Waals surface area contributed by atoms with Gasteiger partial charge in [0, 0.05) is 24.3 Å². The van der Waals surface area contributed by atoms with E-state index in [0.717, 1.165) is 18.7 Å². The van der Waals surface area contributed by atoms with Crippen LogP contribution in [0.5, 0.6) is 0 Å². The Morgan fingerprint density at radius 1 is 1.14 bits per heavy atom. The summed E-state index contributed by atoms with van der Waals surface area (Å²) in [6, 6.07) is 7.78. The first-order valence-corrected chi connectivity index (χ1v) is 4.78. The van der Waals surface area contributed by atoms with Gasteiger partial charge in [-0.05, 0) is 31.2 Å².